The third kappa shape index (κ3) is 1.94. The maximum absolute atomic E-state index is 9.08. The fourth-order valence-electron chi connectivity index (χ4n) is 1.90. The van der Waals surface area contributed by atoms with E-state index >= 15 is 0 Å². The van der Waals surface area contributed by atoms with E-state index < -0.39 is 0 Å². The summed E-state index contributed by atoms with van der Waals surface area (Å²) in [6, 6.07) is 8.03. The van der Waals surface area contributed by atoms with Crippen molar-refractivity contribution < 1.29 is 5.21 Å². The third-order valence-electron chi connectivity index (χ3n) is 2.62. The molecule has 2 aromatic rings. The van der Waals surface area contributed by atoms with E-state index in [1.807, 2.05) is 30.5 Å². The van der Waals surface area contributed by atoms with Crippen molar-refractivity contribution in [1.29, 1.82) is 0 Å². The lowest BCUT2D eigenvalue weighted by Gasteiger charge is -2.05. The van der Waals surface area contributed by atoms with Gasteiger partial charge in [0.15, 0.2) is 0 Å². The summed E-state index contributed by atoms with van der Waals surface area (Å²) in [5.74, 6) is 0.472. The Balaban J connectivity index is 2.46. The molecular weight excluding hydrogens is 200 g/mol. The molecule has 0 saturated heterocycles. The summed E-state index contributed by atoms with van der Waals surface area (Å²) in [6.45, 7) is 4.22. The van der Waals surface area contributed by atoms with Crippen molar-refractivity contribution >= 4 is 16.6 Å². The van der Waals surface area contributed by atoms with Crippen LogP contribution < -0.4 is 0 Å². The summed E-state index contributed by atoms with van der Waals surface area (Å²) >= 11 is 0. The molecule has 0 spiro atoms. The van der Waals surface area contributed by atoms with Gasteiger partial charge in [0, 0.05) is 22.7 Å². The van der Waals surface area contributed by atoms with Gasteiger partial charge in [-0.15, -0.1) is 0 Å². The van der Waals surface area contributed by atoms with Gasteiger partial charge in [-0.25, -0.2) is 0 Å². The van der Waals surface area contributed by atoms with Gasteiger partial charge in [0.2, 0.25) is 0 Å². The van der Waals surface area contributed by atoms with Gasteiger partial charge < -0.3 is 10.2 Å². The highest BCUT2D eigenvalue weighted by Crippen LogP contribution is 2.21. The van der Waals surface area contributed by atoms with Crippen molar-refractivity contribution in [3.05, 3.63) is 36.0 Å². The SMILES string of the molecule is CC(C)CC(=NO)c1c[nH]c2ccccc12. The van der Waals surface area contributed by atoms with Crippen LogP contribution in [0.25, 0.3) is 10.9 Å². The molecule has 2 rings (SSSR count). The molecule has 3 nitrogen and oxygen atoms in total. The van der Waals surface area contributed by atoms with Crippen molar-refractivity contribution in [1.82, 2.24) is 4.98 Å². The number of aromatic nitrogens is 1. The van der Waals surface area contributed by atoms with Crippen molar-refractivity contribution in [3.63, 3.8) is 0 Å². The lowest BCUT2D eigenvalue weighted by atomic mass is 10.00. The first-order chi connectivity index (χ1) is 7.72. The molecule has 0 fully saturated rings. The van der Waals surface area contributed by atoms with Crippen LogP contribution in [0.5, 0.6) is 0 Å². The molecule has 0 aliphatic rings. The van der Waals surface area contributed by atoms with Crippen molar-refractivity contribution in [3.8, 4) is 0 Å². The zero-order valence-electron chi connectivity index (χ0n) is 9.57. The highest BCUT2D eigenvalue weighted by Gasteiger charge is 2.11. The molecule has 0 aliphatic heterocycles. The summed E-state index contributed by atoms with van der Waals surface area (Å²) in [6.07, 6.45) is 2.68. The van der Waals surface area contributed by atoms with Crippen LogP contribution in [0.1, 0.15) is 25.8 Å². The lowest BCUT2D eigenvalue weighted by Crippen LogP contribution is -2.04. The number of benzene rings is 1. The zero-order chi connectivity index (χ0) is 11.5. The highest BCUT2D eigenvalue weighted by atomic mass is 16.4. The average Bonchev–Trinajstić information content (AvgIpc) is 2.69. The second kappa shape index (κ2) is 4.39. The second-order valence-electron chi connectivity index (χ2n) is 4.39. The number of aromatic amines is 1. The number of fused-ring (bicyclic) bond motifs is 1. The summed E-state index contributed by atoms with van der Waals surface area (Å²) in [5.41, 5.74) is 2.81. The standard InChI is InChI=1S/C13H16N2O/c1-9(2)7-13(15-16)11-8-14-12-6-4-3-5-10(11)12/h3-6,8-9,14,16H,7H2,1-2H3. The normalized spacial score (nSPS) is 12.6. The van der Waals surface area contributed by atoms with Crippen LogP contribution in [0.15, 0.2) is 35.6 Å². The van der Waals surface area contributed by atoms with E-state index in [9.17, 15) is 0 Å². The summed E-state index contributed by atoms with van der Waals surface area (Å²) in [4.78, 5) is 3.18. The molecule has 1 aromatic heterocycles. The van der Waals surface area contributed by atoms with E-state index in [2.05, 4.69) is 24.0 Å². The molecule has 0 aliphatic carbocycles. The number of rotatable bonds is 3. The van der Waals surface area contributed by atoms with E-state index in [4.69, 9.17) is 5.21 Å². The van der Waals surface area contributed by atoms with Crippen molar-refractivity contribution in [2.45, 2.75) is 20.3 Å². The Morgan fingerprint density at radius 3 is 2.81 bits per heavy atom. The molecule has 1 aromatic carbocycles. The molecule has 1 heterocycles. The Morgan fingerprint density at radius 2 is 2.12 bits per heavy atom. The smallest absolute Gasteiger partial charge is 0.0891 e. The van der Waals surface area contributed by atoms with Crippen LogP contribution in [0, 0.1) is 5.92 Å². The molecule has 0 saturated carbocycles. The zero-order valence-corrected chi connectivity index (χ0v) is 9.57. The summed E-state index contributed by atoms with van der Waals surface area (Å²) < 4.78 is 0. The lowest BCUT2D eigenvalue weighted by molar-refractivity contribution is 0.317. The van der Waals surface area contributed by atoms with Crippen LogP contribution in [0.2, 0.25) is 0 Å². The molecule has 0 radical (unpaired) electrons. The minimum Gasteiger partial charge on any atom is -0.411 e. The number of para-hydroxylation sites is 1. The number of hydrogen-bond acceptors (Lipinski definition) is 2. The second-order valence-corrected chi connectivity index (χ2v) is 4.39. The molecule has 0 atom stereocenters. The maximum atomic E-state index is 9.08. The monoisotopic (exact) mass is 216 g/mol. The van der Waals surface area contributed by atoms with E-state index in [1.165, 1.54) is 0 Å². The number of nitrogens with zero attached hydrogens (tertiary/aromatic N) is 1. The summed E-state index contributed by atoms with van der Waals surface area (Å²) in [5, 5.41) is 13.6. The van der Waals surface area contributed by atoms with Crippen LogP contribution in [0.3, 0.4) is 0 Å². The molecule has 3 heteroatoms. The number of H-pyrrole nitrogens is 1. The van der Waals surface area contributed by atoms with E-state index in [-0.39, 0.29) is 0 Å². The fourth-order valence-corrected chi connectivity index (χ4v) is 1.90. The Morgan fingerprint density at radius 1 is 1.38 bits per heavy atom. The maximum Gasteiger partial charge on any atom is 0.0891 e. The molecule has 2 N–H and O–H groups in total. The van der Waals surface area contributed by atoms with Crippen molar-refractivity contribution in [2.24, 2.45) is 11.1 Å². The van der Waals surface area contributed by atoms with Gasteiger partial charge in [0.25, 0.3) is 0 Å². The predicted octanol–water partition coefficient (Wildman–Crippen LogP) is 3.39. The van der Waals surface area contributed by atoms with Crippen LogP contribution in [-0.4, -0.2) is 15.9 Å². The minimum absolute atomic E-state index is 0.472. The average molecular weight is 216 g/mol. The largest absolute Gasteiger partial charge is 0.411 e. The first kappa shape index (κ1) is 10.7. The predicted molar refractivity (Wildman–Crippen MR) is 66.1 cm³/mol. The molecule has 0 bridgehead atoms. The Labute approximate surface area is 94.8 Å². The van der Waals surface area contributed by atoms with Gasteiger partial charge in [0.05, 0.1) is 5.71 Å². The topological polar surface area (TPSA) is 48.4 Å². The first-order valence-corrected chi connectivity index (χ1v) is 5.49. The Bertz CT molecular complexity index is 511. The Hall–Kier alpha value is -1.77. The molecular formula is C13H16N2O. The van der Waals surface area contributed by atoms with Gasteiger partial charge in [-0.3, -0.25) is 0 Å². The molecule has 16 heavy (non-hydrogen) atoms. The quantitative estimate of drug-likeness (QED) is 0.461. The summed E-state index contributed by atoms with van der Waals surface area (Å²) in [7, 11) is 0. The van der Waals surface area contributed by atoms with Crippen LogP contribution in [-0.2, 0) is 0 Å². The number of nitrogens with one attached hydrogen (secondary N) is 1. The minimum atomic E-state index is 0.472. The van der Waals surface area contributed by atoms with Crippen LogP contribution >= 0.6 is 0 Å². The highest BCUT2D eigenvalue weighted by molar-refractivity contribution is 6.10. The van der Waals surface area contributed by atoms with E-state index in [1.54, 1.807) is 0 Å². The van der Waals surface area contributed by atoms with E-state index in [0.29, 0.717) is 5.92 Å². The van der Waals surface area contributed by atoms with Crippen molar-refractivity contribution in [2.75, 3.05) is 0 Å². The van der Waals surface area contributed by atoms with Gasteiger partial charge in [-0.1, -0.05) is 37.2 Å². The van der Waals surface area contributed by atoms with Gasteiger partial charge >= 0.3 is 0 Å². The number of oxime groups is 1. The molecule has 0 unspecified atom stereocenters. The molecule has 0 amide bonds. The number of hydrogen-bond donors (Lipinski definition) is 2. The van der Waals surface area contributed by atoms with E-state index in [0.717, 1.165) is 28.6 Å². The van der Waals surface area contributed by atoms with Gasteiger partial charge in [-0.2, -0.15) is 0 Å². The van der Waals surface area contributed by atoms with Crippen LogP contribution in [0.4, 0.5) is 0 Å². The van der Waals surface area contributed by atoms with Gasteiger partial charge in [0.1, 0.15) is 0 Å². The first-order valence-electron chi connectivity index (χ1n) is 5.49. The molecule has 84 valence electrons. The fraction of sp³-hybridized carbons (Fsp3) is 0.308. The van der Waals surface area contributed by atoms with Gasteiger partial charge in [-0.05, 0) is 18.4 Å². The Kier molecular flexibility index (Phi) is 2.95. The third-order valence-corrected chi connectivity index (χ3v) is 2.62.